The Balaban J connectivity index is 1.22. The maximum absolute atomic E-state index is 2.58. The largest absolute Gasteiger partial charge is 0.0622 e. The summed E-state index contributed by atoms with van der Waals surface area (Å²) in [5.41, 5.74) is 23.5. The van der Waals surface area contributed by atoms with Crippen LogP contribution in [-0.4, -0.2) is 0 Å². The lowest BCUT2D eigenvalue weighted by molar-refractivity contribution is 0.580. The summed E-state index contributed by atoms with van der Waals surface area (Å²) in [4.78, 5) is 0. The van der Waals surface area contributed by atoms with Gasteiger partial charge in [0.05, 0.1) is 0 Å². The van der Waals surface area contributed by atoms with Gasteiger partial charge in [-0.3, -0.25) is 0 Å². The van der Waals surface area contributed by atoms with Gasteiger partial charge in [-0.15, -0.1) is 0 Å². The second-order valence-corrected chi connectivity index (χ2v) is 21.3. The Kier molecular flexibility index (Phi) is 8.51. The Bertz CT molecular complexity index is 3590. The standard InChI is InChI=1S/C65H54/c1-63(2,3)44-26-29-50-58(35-44)65(7,8)59-36-45(64(4,5)6)34-56(60(50)59)55-37-54-49-31-30-46(41-22-16-11-17-23-41)61-48-28-25-43(40-20-14-10-15-21-40)33-52(48)57(62(49)61)38-53(54)47-27-24-42(32-51(47)55)39-18-12-9-13-19-39/h9-38H,1-8H3. The average Bonchev–Trinajstić information content (AvgIpc) is 3.76. The average molecular weight is 835 g/mol. The smallest absolute Gasteiger partial charge is 0.0159 e. The van der Waals surface area contributed by atoms with E-state index in [-0.39, 0.29) is 16.2 Å². The van der Waals surface area contributed by atoms with Crippen LogP contribution in [0.3, 0.4) is 0 Å². The molecule has 0 N–H and O–H groups in total. The molecule has 0 aliphatic heterocycles. The Morgan fingerprint density at radius 2 is 0.831 bits per heavy atom. The van der Waals surface area contributed by atoms with E-state index < -0.39 is 0 Å². The van der Waals surface area contributed by atoms with Gasteiger partial charge in [0.25, 0.3) is 0 Å². The molecule has 0 unspecified atom stereocenters. The molecule has 0 spiro atoms. The summed E-state index contributed by atoms with van der Waals surface area (Å²) >= 11 is 0. The summed E-state index contributed by atoms with van der Waals surface area (Å²) in [5.74, 6) is 0. The van der Waals surface area contributed by atoms with E-state index in [2.05, 4.69) is 237 Å². The van der Waals surface area contributed by atoms with Crippen LogP contribution in [0.4, 0.5) is 0 Å². The number of fused-ring (bicyclic) bond motifs is 10. The number of hydrogen-bond donors (Lipinski definition) is 0. The van der Waals surface area contributed by atoms with Gasteiger partial charge in [-0.1, -0.05) is 207 Å². The lowest BCUT2D eigenvalue weighted by atomic mass is 9.76. The van der Waals surface area contributed by atoms with Crippen molar-refractivity contribution in [3.63, 3.8) is 0 Å². The molecule has 0 amide bonds. The molecule has 0 saturated heterocycles. The van der Waals surface area contributed by atoms with Gasteiger partial charge >= 0.3 is 0 Å². The quantitative estimate of drug-likeness (QED) is 0.155. The minimum atomic E-state index is -0.169. The molecule has 2 aliphatic rings. The number of benzene rings is 10. The molecule has 65 heavy (non-hydrogen) atoms. The summed E-state index contributed by atoms with van der Waals surface area (Å²) in [6.07, 6.45) is 0. The first-order valence-electron chi connectivity index (χ1n) is 23.4. The molecular formula is C65H54. The van der Waals surface area contributed by atoms with Crippen molar-refractivity contribution in [2.24, 2.45) is 0 Å². The molecule has 314 valence electrons. The minimum Gasteiger partial charge on any atom is -0.0622 e. The van der Waals surface area contributed by atoms with Crippen molar-refractivity contribution in [2.45, 2.75) is 71.6 Å². The van der Waals surface area contributed by atoms with E-state index in [0.29, 0.717) is 0 Å². The third kappa shape index (κ3) is 6.03. The van der Waals surface area contributed by atoms with Crippen molar-refractivity contribution < 1.29 is 0 Å². The SMILES string of the molecule is CC(C)(C)c1ccc2c(c1)C(C)(C)c1cc(C(C)(C)C)cc(-c3cc4c5ccc(-c6ccccc6)c6c5c(cc4c4ccc(-c5ccccc5)cc34)-c3cc(-c4ccccc4)ccc3-6)c1-2. The zero-order valence-corrected chi connectivity index (χ0v) is 38.8. The zero-order valence-electron chi connectivity index (χ0n) is 38.8. The summed E-state index contributed by atoms with van der Waals surface area (Å²) < 4.78 is 0. The summed E-state index contributed by atoms with van der Waals surface area (Å²) in [7, 11) is 0. The van der Waals surface area contributed by atoms with E-state index in [1.807, 2.05) is 0 Å². The molecule has 10 aromatic carbocycles. The Morgan fingerprint density at radius 3 is 1.49 bits per heavy atom. The van der Waals surface area contributed by atoms with Crippen LogP contribution in [0.15, 0.2) is 182 Å². The van der Waals surface area contributed by atoms with Crippen molar-refractivity contribution in [3.8, 4) is 77.9 Å². The van der Waals surface area contributed by atoms with Gasteiger partial charge in [-0.05, 0) is 174 Å². The molecule has 10 aromatic rings. The molecular weight excluding hydrogens is 781 g/mol. The fraction of sp³-hybridized carbons (Fsp3) is 0.169. The van der Waals surface area contributed by atoms with Crippen LogP contribution in [0.1, 0.15) is 77.6 Å². The molecule has 0 heterocycles. The monoisotopic (exact) mass is 834 g/mol. The molecule has 0 heteroatoms. The number of rotatable bonds is 4. The first kappa shape index (κ1) is 39.6. The highest BCUT2D eigenvalue weighted by Crippen LogP contribution is 2.58. The second kappa shape index (κ2) is 14.0. The number of hydrogen-bond acceptors (Lipinski definition) is 0. The van der Waals surface area contributed by atoms with Gasteiger partial charge < -0.3 is 0 Å². The first-order chi connectivity index (χ1) is 31.3. The predicted molar refractivity (Wildman–Crippen MR) is 280 cm³/mol. The fourth-order valence-electron chi connectivity index (χ4n) is 11.3. The zero-order chi connectivity index (χ0) is 44.6. The Morgan fingerprint density at radius 1 is 0.292 bits per heavy atom. The highest BCUT2D eigenvalue weighted by atomic mass is 14.4. The third-order valence-corrected chi connectivity index (χ3v) is 14.9. The fourth-order valence-corrected chi connectivity index (χ4v) is 11.3. The van der Waals surface area contributed by atoms with E-state index >= 15 is 0 Å². The van der Waals surface area contributed by atoms with Gasteiger partial charge in [0.1, 0.15) is 0 Å². The second-order valence-electron chi connectivity index (χ2n) is 21.3. The van der Waals surface area contributed by atoms with Crippen LogP contribution in [0.25, 0.3) is 110 Å². The maximum atomic E-state index is 2.58. The molecule has 0 radical (unpaired) electrons. The predicted octanol–water partition coefficient (Wildman–Crippen LogP) is 18.4. The third-order valence-electron chi connectivity index (χ3n) is 14.9. The van der Waals surface area contributed by atoms with Crippen molar-refractivity contribution in [2.75, 3.05) is 0 Å². The van der Waals surface area contributed by atoms with Crippen LogP contribution in [-0.2, 0) is 16.2 Å². The van der Waals surface area contributed by atoms with E-state index in [1.165, 1.54) is 132 Å². The molecule has 0 aromatic heterocycles. The van der Waals surface area contributed by atoms with Gasteiger partial charge in [-0.25, -0.2) is 0 Å². The first-order valence-corrected chi connectivity index (χ1v) is 23.4. The molecule has 2 aliphatic carbocycles. The highest BCUT2D eigenvalue weighted by molar-refractivity contribution is 6.30. The lowest BCUT2D eigenvalue weighted by Crippen LogP contribution is -2.19. The molecule has 0 nitrogen and oxygen atoms in total. The maximum Gasteiger partial charge on any atom is 0.0159 e. The topological polar surface area (TPSA) is 0 Å². The van der Waals surface area contributed by atoms with E-state index in [4.69, 9.17) is 0 Å². The molecule has 0 bridgehead atoms. The van der Waals surface area contributed by atoms with Crippen LogP contribution >= 0.6 is 0 Å². The summed E-state index contributed by atoms with van der Waals surface area (Å²) in [5, 5.41) is 7.81. The van der Waals surface area contributed by atoms with Gasteiger partial charge in [0.15, 0.2) is 0 Å². The van der Waals surface area contributed by atoms with Crippen molar-refractivity contribution in [3.05, 3.63) is 204 Å². The summed E-state index contributed by atoms with van der Waals surface area (Å²) in [6.45, 7) is 19.0. The normalized spacial score (nSPS) is 13.7. The van der Waals surface area contributed by atoms with E-state index in [0.717, 1.165) is 0 Å². The van der Waals surface area contributed by atoms with Gasteiger partial charge in [-0.2, -0.15) is 0 Å². The Hall–Kier alpha value is -7.02. The Labute approximate surface area is 384 Å². The van der Waals surface area contributed by atoms with Crippen LogP contribution in [0, 0.1) is 0 Å². The lowest BCUT2D eigenvalue weighted by Gasteiger charge is -2.28. The van der Waals surface area contributed by atoms with Crippen molar-refractivity contribution in [1.82, 2.24) is 0 Å². The summed E-state index contributed by atoms with van der Waals surface area (Å²) in [6, 6.07) is 69.4. The van der Waals surface area contributed by atoms with Gasteiger partial charge in [0, 0.05) is 5.41 Å². The highest BCUT2D eigenvalue weighted by Gasteiger charge is 2.39. The van der Waals surface area contributed by atoms with Crippen LogP contribution in [0.2, 0.25) is 0 Å². The molecule has 12 rings (SSSR count). The van der Waals surface area contributed by atoms with Gasteiger partial charge in [0.2, 0.25) is 0 Å². The van der Waals surface area contributed by atoms with E-state index in [1.54, 1.807) is 0 Å². The minimum absolute atomic E-state index is 0.0489. The van der Waals surface area contributed by atoms with Crippen LogP contribution < -0.4 is 0 Å². The van der Waals surface area contributed by atoms with Crippen LogP contribution in [0.5, 0.6) is 0 Å². The molecule has 0 atom stereocenters. The molecule has 0 saturated carbocycles. The van der Waals surface area contributed by atoms with E-state index in [9.17, 15) is 0 Å². The van der Waals surface area contributed by atoms with Crippen molar-refractivity contribution in [1.29, 1.82) is 0 Å². The molecule has 0 fully saturated rings. The van der Waals surface area contributed by atoms with Crippen molar-refractivity contribution >= 4 is 32.3 Å².